The largest absolute Gasteiger partial charge is 0.407 e. The van der Waals surface area contributed by atoms with Crippen LogP contribution in [0.4, 0.5) is 6.01 Å². The third-order valence-corrected chi connectivity index (χ3v) is 3.70. The number of nitrogens with zero attached hydrogens (tertiary/aromatic N) is 3. The molecule has 0 unspecified atom stereocenters. The Bertz CT molecular complexity index is 469. The summed E-state index contributed by atoms with van der Waals surface area (Å²) < 4.78 is 5.61. The second-order valence-electron chi connectivity index (χ2n) is 4.41. The highest BCUT2D eigenvalue weighted by atomic mass is 32.1. The lowest BCUT2D eigenvalue weighted by molar-refractivity contribution is 0.465. The van der Waals surface area contributed by atoms with Crippen LogP contribution < -0.4 is 10.2 Å². The Kier molecular flexibility index (Phi) is 5.35. The van der Waals surface area contributed by atoms with Gasteiger partial charge in [-0.25, -0.2) is 0 Å². The number of anilines is 1. The van der Waals surface area contributed by atoms with E-state index >= 15 is 0 Å². The van der Waals surface area contributed by atoms with Crippen LogP contribution in [0.3, 0.4) is 0 Å². The molecule has 104 valence electrons. The molecular formula is C13H20N4OS. The van der Waals surface area contributed by atoms with Crippen molar-refractivity contribution in [3.05, 3.63) is 28.3 Å². The number of thiophene rings is 1. The summed E-state index contributed by atoms with van der Waals surface area (Å²) in [5.41, 5.74) is 0. The number of rotatable bonds is 8. The molecule has 0 atom stereocenters. The zero-order valence-electron chi connectivity index (χ0n) is 11.4. The Morgan fingerprint density at radius 1 is 1.42 bits per heavy atom. The van der Waals surface area contributed by atoms with Gasteiger partial charge in [0.1, 0.15) is 0 Å². The number of hydrogen-bond donors (Lipinski definition) is 1. The van der Waals surface area contributed by atoms with Crippen molar-refractivity contribution in [2.24, 2.45) is 0 Å². The minimum absolute atomic E-state index is 0.588. The van der Waals surface area contributed by atoms with E-state index in [1.54, 1.807) is 11.3 Å². The molecule has 2 aromatic rings. The van der Waals surface area contributed by atoms with Gasteiger partial charge in [-0.2, -0.15) is 0 Å². The molecule has 1 N–H and O–H groups in total. The Labute approximate surface area is 117 Å². The minimum atomic E-state index is 0.588. The summed E-state index contributed by atoms with van der Waals surface area (Å²) in [6.07, 6.45) is 2.10. The Hall–Kier alpha value is -1.40. The quantitative estimate of drug-likeness (QED) is 0.752. The molecule has 0 fully saturated rings. The molecule has 5 nitrogen and oxygen atoms in total. The monoisotopic (exact) mass is 280 g/mol. The molecule has 0 bridgehead atoms. The van der Waals surface area contributed by atoms with Crippen LogP contribution in [0, 0.1) is 0 Å². The molecule has 0 aromatic carbocycles. The van der Waals surface area contributed by atoms with E-state index < -0.39 is 0 Å². The van der Waals surface area contributed by atoms with E-state index in [0.29, 0.717) is 18.5 Å². The van der Waals surface area contributed by atoms with E-state index in [9.17, 15) is 0 Å². The molecular weight excluding hydrogens is 260 g/mol. The van der Waals surface area contributed by atoms with Crippen molar-refractivity contribution >= 4 is 17.4 Å². The Balaban J connectivity index is 1.80. The van der Waals surface area contributed by atoms with Crippen LogP contribution in [0.15, 0.2) is 21.9 Å². The fraction of sp³-hybridized carbons (Fsp3) is 0.538. The second-order valence-corrected chi connectivity index (χ2v) is 5.44. The maximum absolute atomic E-state index is 5.61. The van der Waals surface area contributed by atoms with Crippen LogP contribution in [0.5, 0.6) is 0 Å². The second kappa shape index (κ2) is 7.25. The molecule has 0 aliphatic carbocycles. The van der Waals surface area contributed by atoms with E-state index in [1.807, 2.05) is 11.9 Å². The maximum Gasteiger partial charge on any atom is 0.317 e. The zero-order valence-corrected chi connectivity index (χ0v) is 12.2. The third kappa shape index (κ3) is 4.33. The topological polar surface area (TPSA) is 54.2 Å². The molecule has 0 aliphatic rings. The molecule has 0 saturated carbocycles. The van der Waals surface area contributed by atoms with Crippen molar-refractivity contribution in [2.75, 3.05) is 25.0 Å². The van der Waals surface area contributed by atoms with Gasteiger partial charge in [-0.05, 0) is 30.8 Å². The van der Waals surface area contributed by atoms with Crippen molar-refractivity contribution in [1.82, 2.24) is 15.5 Å². The summed E-state index contributed by atoms with van der Waals surface area (Å²) in [5, 5.41) is 13.4. The smallest absolute Gasteiger partial charge is 0.317 e. The van der Waals surface area contributed by atoms with Crippen molar-refractivity contribution in [2.45, 2.75) is 26.3 Å². The van der Waals surface area contributed by atoms with Crippen LogP contribution in [0.2, 0.25) is 0 Å². The van der Waals surface area contributed by atoms with E-state index in [1.165, 1.54) is 4.88 Å². The maximum atomic E-state index is 5.61. The molecule has 2 heterocycles. The van der Waals surface area contributed by atoms with Gasteiger partial charge >= 0.3 is 6.01 Å². The van der Waals surface area contributed by atoms with Gasteiger partial charge in [-0.1, -0.05) is 18.1 Å². The highest BCUT2D eigenvalue weighted by Crippen LogP contribution is 2.13. The summed E-state index contributed by atoms with van der Waals surface area (Å²) in [6, 6.07) is 4.81. The van der Waals surface area contributed by atoms with Crippen molar-refractivity contribution < 1.29 is 4.42 Å². The molecule has 19 heavy (non-hydrogen) atoms. The lowest BCUT2D eigenvalue weighted by Crippen LogP contribution is -2.20. The van der Waals surface area contributed by atoms with Crippen LogP contribution >= 0.6 is 11.3 Å². The van der Waals surface area contributed by atoms with Crippen molar-refractivity contribution in [3.8, 4) is 0 Å². The molecule has 2 rings (SSSR count). The summed E-state index contributed by atoms with van der Waals surface area (Å²) >= 11 is 1.78. The van der Waals surface area contributed by atoms with Crippen LogP contribution in [0.25, 0.3) is 0 Å². The zero-order chi connectivity index (χ0) is 13.5. The van der Waals surface area contributed by atoms with Gasteiger partial charge in [0, 0.05) is 18.5 Å². The van der Waals surface area contributed by atoms with Crippen molar-refractivity contribution in [3.63, 3.8) is 0 Å². The number of hydrogen-bond acceptors (Lipinski definition) is 6. The third-order valence-electron chi connectivity index (χ3n) is 2.76. The predicted molar refractivity (Wildman–Crippen MR) is 77.6 cm³/mol. The normalized spacial score (nSPS) is 10.8. The molecule has 0 spiro atoms. The van der Waals surface area contributed by atoms with E-state index in [4.69, 9.17) is 4.42 Å². The summed E-state index contributed by atoms with van der Waals surface area (Å²) in [4.78, 5) is 3.37. The van der Waals surface area contributed by atoms with Gasteiger partial charge in [0.25, 0.3) is 0 Å². The lowest BCUT2D eigenvalue weighted by atomic mass is 10.3. The van der Waals surface area contributed by atoms with Gasteiger partial charge in [0.2, 0.25) is 5.89 Å². The average molecular weight is 280 g/mol. The fourth-order valence-corrected chi connectivity index (χ4v) is 2.37. The molecule has 0 amide bonds. The fourth-order valence-electron chi connectivity index (χ4n) is 1.67. The first-order valence-electron chi connectivity index (χ1n) is 6.56. The highest BCUT2D eigenvalue weighted by Gasteiger charge is 2.10. The summed E-state index contributed by atoms with van der Waals surface area (Å²) in [7, 11) is 1.98. The van der Waals surface area contributed by atoms with E-state index in [-0.39, 0.29) is 0 Å². The van der Waals surface area contributed by atoms with Crippen LogP contribution in [-0.4, -0.2) is 30.3 Å². The molecule has 0 radical (unpaired) electrons. The van der Waals surface area contributed by atoms with Gasteiger partial charge in [-0.15, -0.1) is 16.4 Å². The molecule has 2 aromatic heterocycles. The standard InChI is InChI=1S/C13H20N4OS/c1-3-7-14-10-12-15-16-13(18-12)17(2)8-6-11-5-4-9-19-11/h4-5,9,14H,3,6-8,10H2,1-2H3. The first-order chi connectivity index (χ1) is 9.29. The van der Waals surface area contributed by atoms with Gasteiger partial charge in [0.05, 0.1) is 6.54 Å². The first-order valence-corrected chi connectivity index (χ1v) is 7.44. The lowest BCUT2D eigenvalue weighted by Gasteiger charge is -2.12. The summed E-state index contributed by atoms with van der Waals surface area (Å²) in [5.74, 6) is 0.645. The molecule has 6 heteroatoms. The Morgan fingerprint density at radius 2 is 2.32 bits per heavy atom. The molecule has 0 saturated heterocycles. The number of nitrogens with one attached hydrogen (secondary N) is 1. The Morgan fingerprint density at radius 3 is 3.05 bits per heavy atom. The average Bonchev–Trinajstić information content (AvgIpc) is 3.07. The van der Waals surface area contributed by atoms with Gasteiger partial charge < -0.3 is 14.6 Å². The van der Waals surface area contributed by atoms with Crippen LogP contribution in [0.1, 0.15) is 24.1 Å². The first kappa shape index (κ1) is 14.0. The van der Waals surface area contributed by atoms with Crippen molar-refractivity contribution in [1.29, 1.82) is 0 Å². The number of aromatic nitrogens is 2. The predicted octanol–water partition coefficient (Wildman–Crippen LogP) is 2.31. The van der Waals surface area contributed by atoms with Gasteiger partial charge in [-0.3, -0.25) is 0 Å². The van der Waals surface area contributed by atoms with Crippen LogP contribution in [-0.2, 0) is 13.0 Å². The highest BCUT2D eigenvalue weighted by molar-refractivity contribution is 7.09. The minimum Gasteiger partial charge on any atom is -0.407 e. The summed E-state index contributed by atoms with van der Waals surface area (Å²) in [6.45, 7) is 4.61. The van der Waals surface area contributed by atoms with E-state index in [0.717, 1.165) is 25.9 Å². The SMILES string of the molecule is CCCNCc1nnc(N(C)CCc2cccs2)o1. The molecule has 0 aliphatic heterocycles. The van der Waals surface area contributed by atoms with Gasteiger partial charge in [0.15, 0.2) is 0 Å². The van der Waals surface area contributed by atoms with E-state index in [2.05, 4.69) is 40.0 Å². The number of likely N-dealkylation sites (N-methyl/N-ethyl adjacent to an activating group) is 1.